The van der Waals surface area contributed by atoms with Crippen LogP contribution in [0.5, 0.6) is 0 Å². The molecule has 0 heterocycles. The van der Waals surface area contributed by atoms with Crippen molar-refractivity contribution >= 4 is 19.7 Å². The molecule has 4 heteroatoms. The van der Waals surface area contributed by atoms with Crippen molar-refractivity contribution in [1.29, 1.82) is 0 Å². The molecule has 0 unspecified atom stereocenters. The van der Waals surface area contributed by atoms with Gasteiger partial charge in [-0.3, -0.25) is 0 Å². The van der Waals surface area contributed by atoms with Crippen molar-refractivity contribution in [3.8, 4) is 0 Å². The Kier molecular flexibility index (Phi) is 3.51. The quantitative estimate of drug-likeness (QED) is 0.727. The lowest BCUT2D eigenvalue weighted by atomic mass is 10.2. The second-order valence-corrected chi connectivity index (χ2v) is 5.05. The van der Waals surface area contributed by atoms with Crippen LogP contribution in [0, 0.1) is 0 Å². The third kappa shape index (κ3) is 4.70. The van der Waals surface area contributed by atoms with Crippen molar-refractivity contribution in [1.82, 2.24) is 0 Å². The molecule has 0 saturated heterocycles. The van der Waals surface area contributed by atoms with Gasteiger partial charge >= 0.3 is 0 Å². The highest BCUT2D eigenvalue weighted by molar-refractivity contribution is 8.16. The number of allylic oxidation sites excluding steroid dienone is 1. The van der Waals surface area contributed by atoms with Gasteiger partial charge in [0.1, 0.15) is 0 Å². The van der Waals surface area contributed by atoms with Crippen LogP contribution >= 0.6 is 10.7 Å². The van der Waals surface area contributed by atoms with E-state index in [2.05, 4.69) is 0 Å². The predicted molar refractivity (Wildman–Crippen MR) is 54.1 cm³/mol. The van der Waals surface area contributed by atoms with Crippen LogP contribution in [0.1, 0.15) is 5.56 Å². The van der Waals surface area contributed by atoms with E-state index < -0.39 is 9.05 Å². The molecule has 0 aromatic heterocycles. The third-order valence-electron chi connectivity index (χ3n) is 1.46. The molecule has 0 bridgehead atoms. The minimum Gasteiger partial charge on any atom is -0.208 e. The summed E-state index contributed by atoms with van der Waals surface area (Å²) in [6.45, 7) is 0. The van der Waals surface area contributed by atoms with Gasteiger partial charge in [-0.1, -0.05) is 36.4 Å². The maximum Gasteiger partial charge on any atom is 0.254 e. The van der Waals surface area contributed by atoms with Crippen LogP contribution < -0.4 is 0 Å². The van der Waals surface area contributed by atoms with Crippen molar-refractivity contribution in [2.45, 2.75) is 6.42 Å². The molecule has 13 heavy (non-hydrogen) atoms. The first-order chi connectivity index (χ1) is 6.08. The van der Waals surface area contributed by atoms with Crippen molar-refractivity contribution < 1.29 is 8.42 Å². The summed E-state index contributed by atoms with van der Waals surface area (Å²) >= 11 is 0. The summed E-state index contributed by atoms with van der Waals surface area (Å²) in [6.07, 6.45) is 2.10. The number of hydrogen-bond acceptors (Lipinski definition) is 2. The highest BCUT2D eigenvalue weighted by atomic mass is 35.7. The lowest BCUT2D eigenvalue weighted by Gasteiger charge is -1.92. The molecule has 0 fully saturated rings. The molecular weight excluding hydrogens is 208 g/mol. The Morgan fingerprint density at radius 1 is 1.23 bits per heavy atom. The van der Waals surface area contributed by atoms with E-state index in [-0.39, 0.29) is 0 Å². The van der Waals surface area contributed by atoms with Crippen LogP contribution in [0.25, 0.3) is 0 Å². The van der Waals surface area contributed by atoms with Gasteiger partial charge < -0.3 is 0 Å². The predicted octanol–water partition coefficient (Wildman–Crippen LogP) is 2.31. The summed E-state index contributed by atoms with van der Waals surface area (Å²) in [5.74, 6) is 0. The molecule has 1 aromatic rings. The molecule has 0 atom stereocenters. The fourth-order valence-electron chi connectivity index (χ4n) is 0.913. The Labute approximate surface area is 82.3 Å². The van der Waals surface area contributed by atoms with E-state index in [1.165, 1.54) is 6.08 Å². The molecule has 0 amide bonds. The molecule has 1 aromatic carbocycles. The normalized spacial score (nSPS) is 12.1. The minimum absolute atomic E-state index is 0.576. The third-order valence-corrected chi connectivity index (χ3v) is 2.28. The molecule has 2 nitrogen and oxygen atoms in total. The van der Waals surface area contributed by atoms with Gasteiger partial charge in [-0.05, 0) is 12.0 Å². The fraction of sp³-hybridized carbons (Fsp3) is 0.111. The Balaban J connectivity index is 2.59. The summed E-state index contributed by atoms with van der Waals surface area (Å²) in [4.78, 5) is 0. The topological polar surface area (TPSA) is 34.1 Å². The fourth-order valence-corrected chi connectivity index (χ4v) is 1.46. The van der Waals surface area contributed by atoms with Gasteiger partial charge in [0.05, 0.1) is 0 Å². The van der Waals surface area contributed by atoms with E-state index in [4.69, 9.17) is 10.7 Å². The Morgan fingerprint density at radius 2 is 1.85 bits per heavy atom. The largest absolute Gasteiger partial charge is 0.254 e. The SMILES string of the molecule is O=S(=O)(Cl)/C=C\Cc1ccccc1. The van der Waals surface area contributed by atoms with E-state index >= 15 is 0 Å². The summed E-state index contributed by atoms with van der Waals surface area (Å²) in [7, 11) is 1.48. The number of rotatable bonds is 3. The van der Waals surface area contributed by atoms with E-state index in [9.17, 15) is 8.42 Å². The van der Waals surface area contributed by atoms with Gasteiger partial charge in [0.15, 0.2) is 0 Å². The smallest absolute Gasteiger partial charge is 0.208 e. The van der Waals surface area contributed by atoms with E-state index in [1.54, 1.807) is 0 Å². The summed E-state index contributed by atoms with van der Waals surface area (Å²) in [5.41, 5.74) is 1.05. The highest BCUT2D eigenvalue weighted by Crippen LogP contribution is 2.03. The zero-order valence-corrected chi connectivity index (χ0v) is 8.42. The summed E-state index contributed by atoms with van der Waals surface area (Å²) in [5, 5.41) is 1.00. The molecule has 0 aliphatic heterocycles. The molecule has 0 radical (unpaired) electrons. The van der Waals surface area contributed by atoms with Gasteiger partial charge in [-0.2, -0.15) is 0 Å². The highest BCUT2D eigenvalue weighted by Gasteiger charge is 1.95. The zero-order chi connectivity index (χ0) is 9.73. The average Bonchev–Trinajstić information content (AvgIpc) is 2.04. The van der Waals surface area contributed by atoms with E-state index in [1.807, 2.05) is 30.3 Å². The maximum atomic E-state index is 10.5. The first-order valence-corrected chi connectivity index (χ1v) is 6.10. The van der Waals surface area contributed by atoms with E-state index in [0.29, 0.717) is 6.42 Å². The van der Waals surface area contributed by atoms with Crippen LogP contribution in [0.15, 0.2) is 41.8 Å². The van der Waals surface area contributed by atoms with Crippen molar-refractivity contribution in [2.75, 3.05) is 0 Å². The van der Waals surface area contributed by atoms with Crippen LogP contribution in [-0.4, -0.2) is 8.42 Å². The van der Waals surface area contributed by atoms with Crippen LogP contribution in [0.2, 0.25) is 0 Å². The maximum absolute atomic E-state index is 10.5. The van der Waals surface area contributed by atoms with Crippen LogP contribution in [-0.2, 0) is 15.5 Å². The standard InChI is InChI=1S/C9H9ClO2S/c10-13(11,12)8-4-7-9-5-2-1-3-6-9/h1-6,8H,7H2/b8-4-. The van der Waals surface area contributed by atoms with Gasteiger partial charge in [0.25, 0.3) is 9.05 Å². The van der Waals surface area contributed by atoms with Crippen LogP contribution in [0.4, 0.5) is 0 Å². The monoisotopic (exact) mass is 216 g/mol. The summed E-state index contributed by atoms with van der Waals surface area (Å²) < 4.78 is 21.0. The number of halogens is 1. The lowest BCUT2D eigenvalue weighted by Crippen LogP contribution is -1.82. The van der Waals surface area contributed by atoms with Gasteiger partial charge in [-0.25, -0.2) is 8.42 Å². The number of hydrogen-bond donors (Lipinski definition) is 0. The van der Waals surface area contributed by atoms with Gasteiger partial charge in [0.2, 0.25) is 0 Å². The van der Waals surface area contributed by atoms with Crippen molar-refractivity contribution in [3.05, 3.63) is 47.4 Å². The molecule has 1 rings (SSSR count). The summed E-state index contributed by atoms with van der Waals surface area (Å²) in [6, 6.07) is 9.55. The van der Waals surface area contributed by atoms with Crippen molar-refractivity contribution in [2.24, 2.45) is 0 Å². The van der Waals surface area contributed by atoms with Crippen molar-refractivity contribution in [3.63, 3.8) is 0 Å². The molecule has 0 spiro atoms. The molecular formula is C9H9ClO2S. The number of benzene rings is 1. The second-order valence-electron chi connectivity index (χ2n) is 2.54. The molecule has 0 aliphatic rings. The lowest BCUT2D eigenvalue weighted by molar-refractivity contribution is 0.617. The molecule has 0 saturated carbocycles. The average molecular weight is 217 g/mol. The Morgan fingerprint density at radius 3 is 2.38 bits per heavy atom. The van der Waals surface area contributed by atoms with Crippen LogP contribution in [0.3, 0.4) is 0 Å². The second kappa shape index (κ2) is 4.44. The first kappa shape index (κ1) is 10.3. The molecule has 0 aliphatic carbocycles. The van der Waals surface area contributed by atoms with E-state index in [0.717, 1.165) is 11.0 Å². The Hall–Kier alpha value is -0.800. The molecule has 70 valence electrons. The first-order valence-electron chi connectivity index (χ1n) is 3.73. The Bertz CT molecular complexity index is 381. The van der Waals surface area contributed by atoms with Gasteiger partial charge in [-0.15, -0.1) is 0 Å². The zero-order valence-electron chi connectivity index (χ0n) is 6.85. The molecule has 0 N–H and O–H groups in total. The van der Waals surface area contributed by atoms with Gasteiger partial charge in [0, 0.05) is 16.1 Å². The minimum atomic E-state index is -3.50.